The standard InChI is InChI=1S/C5H5O2/c1-3-4(2)5(6)7/h1H,2H3,(H,6,7). The smallest absolute Gasteiger partial charge is 0.323 e. The second kappa shape index (κ2) is 2.25. The number of hydrogen-bond acceptors (Lipinski definition) is 1. The van der Waals surface area contributed by atoms with E-state index in [1.54, 1.807) is 0 Å². The Morgan fingerprint density at radius 3 is 2.29 bits per heavy atom. The van der Waals surface area contributed by atoms with Crippen molar-refractivity contribution in [2.75, 3.05) is 0 Å². The molecule has 2 nitrogen and oxygen atoms in total. The number of aliphatic carboxylic acids is 1. The third kappa shape index (κ3) is 1.83. The number of carboxylic acid groups (broad SMARTS) is 1. The highest BCUT2D eigenvalue weighted by Crippen LogP contribution is 1.91. The molecule has 2 heteroatoms. The summed E-state index contributed by atoms with van der Waals surface area (Å²) in [6.07, 6.45) is 4.71. The van der Waals surface area contributed by atoms with Gasteiger partial charge in [-0.05, 0) is 6.92 Å². The van der Waals surface area contributed by atoms with E-state index >= 15 is 0 Å². The van der Waals surface area contributed by atoms with Crippen LogP contribution in [-0.2, 0) is 4.79 Å². The summed E-state index contributed by atoms with van der Waals surface area (Å²) < 4.78 is 0. The van der Waals surface area contributed by atoms with Gasteiger partial charge in [0.2, 0.25) is 0 Å². The van der Waals surface area contributed by atoms with E-state index in [1.165, 1.54) is 6.92 Å². The largest absolute Gasteiger partial charge is 0.480 e. The summed E-state index contributed by atoms with van der Waals surface area (Å²) in [5.41, 5.74) is 0. The molecule has 0 unspecified atom stereocenters. The van der Waals surface area contributed by atoms with Crippen LogP contribution in [0.15, 0.2) is 0 Å². The third-order valence-electron chi connectivity index (χ3n) is 0.537. The van der Waals surface area contributed by atoms with Crippen molar-refractivity contribution in [3.63, 3.8) is 0 Å². The zero-order chi connectivity index (χ0) is 5.86. The van der Waals surface area contributed by atoms with Crippen LogP contribution in [0.5, 0.6) is 0 Å². The van der Waals surface area contributed by atoms with Gasteiger partial charge in [-0.2, -0.15) is 0 Å². The van der Waals surface area contributed by atoms with Gasteiger partial charge in [-0.3, -0.25) is 4.79 Å². The van der Waals surface area contributed by atoms with Crippen molar-refractivity contribution in [1.29, 1.82) is 0 Å². The Balaban J connectivity index is 3.63. The number of carbonyl (C=O) groups is 1. The molecule has 0 aliphatic heterocycles. The maximum absolute atomic E-state index is 9.75. The molecule has 0 bridgehead atoms. The fourth-order valence-electron chi connectivity index (χ4n) is 0.0617. The van der Waals surface area contributed by atoms with Gasteiger partial charge in [0.25, 0.3) is 0 Å². The molecule has 0 rings (SSSR count). The van der Waals surface area contributed by atoms with Gasteiger partial charge in [-0.25, -0.2) is 0 Å². The van der Waals surface area contributed by atoms with Crippen LogP contribution in [0.1, 0.15) is 6.92 Å². The predicted molar refractivity (Wildman–Crippen MR) is 25.4 cm³/mol. The zero-order valence-corrected chi connectivity index (χ0v) is 3.93. The second-order valence-electron chi connectivity index (χ2n) is 1.07. The first-order valence-electron chi connectivity index (χ1n) is 1.72. The number of hydrogen-bond donors (Lipinski definition) is 1. The van der Waals surface area contributed by atoms with Gasteiger partial charge in [0.15, 0.2) is 5.92 Å². The molecule has 0 atom stereocenters. The molecule has 1 N–H and O–H groups in total. The topological polar surface area (TPSA) is 37.3 Å². The van der Waals surface area contributed by atoms with E-state index in [0.29, 0.717) is 0 Å². The highest BCUT2D eigenvalue weighted by atomic mass is 16.4. The van der Waals surface area contributed by atoms with Gasteiger partial charge >= 0.3 is 5.97 Å². The Morgan fingerprint density at radius 1 is 1.86 bits per heavy atom. The van der Waals surface area contributed by atoms with Crippen LogP contribution >= 0.6 is 0 Å². The van der Waals surface area contributed by atoms with Gasteiger partial charge in [-0.15, -0.1) is 6.42 Å². The van der Waals surface area contributed by atoms with E-state index in [9.17, 15) is 4.79 Å². The molecule has 0 fully saturated rings. The average Bonchev–Trinajstić information content (AvgIpc) is 1.65. The lowest BCUT2D eigenvalue weighted by Gasteiger charge is -1.87. The zero-order valence-electron chi connectivity index (χ0n) is 3.93. The van der Waals surface area contributed by atoms with Crippen molar-refractivity contribution in [2.45, 2.75) is 6.92 Å². The summed E-state index contributed by atoms with van der Waals surface area (Å²) in [6, 6.07) is 0. The lowest BCUT2D eigenvalue weighted by Crippen LogP contribution is -2.02. The van der Waals surface area contributed by atoms with Crippen molar-refractivity contribution >= 4 is 5.97 Å². The Labute approximate surface area is 42.2 Å². The highest BCUT2D eigenvalue weighted by molar-refractivity contribution is 5.86. The fraction of sp³-hybridized carbons (Fsp3) is 0.200. The van der Waals surface area contributed by atoms with E-state index in [4.69, 9.17) is 11.5 Å². The summed E-state index contributed by atoms with van der Waals surface area (Å²) >= 11 is 0. The summed E-state index contributed by atoms with van der Waals surface area (Å²) in [5.74, 6) is 0.998. The van der Waals surface area contributed by atoms with Gasteiger partial charge in [0, 0.05) is 0 Å². The first kappa shape index (κ1) is 6.03. The van der Waals surface area contributed by atoms with Crippen LogP contribution in [-0.4, -0.2) is 11.1 Å². The SMILES string of the molecule is C#C[C](C)C(=O)O. The molecule has 0 spiro atoms. The second-order valence-corrected chi connectivity index (χ2v) is 1.07. The molecular formula is C5H5O2. The molecule has 0 aliphatic carbocycles. The van der Waals surface area contributed by atoms with Crippen molar-refractivity contribution in [3.05, 3.63) is 5.92 Å². The van der Waals surface area contributed by atoms with Crippen molar-refractivity contribution < 1.29 is 9.90 Å². The van der Waals surface area contributed by atoms with Crippen LogP contribution in [0.25, 0.3) is 0 Å². The van der Waals surface area contributed by atoms with Gasteiger partial charge in [0.1, 0.15) is 0 Å². The fourth-order valence-corrected chi connectivity index (χ4v) is 0.0617. The molecule has 7 heavy (non-hydrogen) atoms. The molecule has 0 saturated carbocycles. The molecule has 0 aromatic heterocycles. The number of carboxylic acids is 1. The highest BCUT2D eigenvalue weighted by Gasteiger charge is 2.05. The average molecular weight is 97.1 g/mol. The Morgan fingerprint density at radius 2 is 2.29 bits per heavy atom. The molecule has 0 aliphatic rings. The molecule has 0 aromatic rings. The predicted octanol–water partition coefficient (Wildman–Crippen LogP) is 0.299. The van der Waals surface area contributed by atoms with Crippen LogP contribution in [0, 0.1) is 18.3 Å². The first-order valence-corrected chi connectivity index (χ1v) is 1.72. The Kier molecular flexibility index (Phi) is 1.94. The van der Waals surface area contributed by atoms with Crippen molar-refractivity contribution in [3.8, 4) is 12.3 Å². The summed E-state index contributed by atoms with van der Waals surface area (Å²) in [6.45, 7) is 1.38. The van der Waals surface area contributed by atoms with E-state index < -0.39 is 5.97 Å². The Bertz CT molecular complexity index is 110. The van der Waals surface area contributed by atoms with Gasteiger partial charge in [0.05, 0.1) is 0 Å². The molecule has 0 amide bonds. The maximum atomic E-state index is 9.75. The lowest BCUT2D eigenvalue weighted by atomic mass is 10.2. The summed E-state index contributed by atoms with van der Waals surface area (Å²) in [7, 11) is 0. The van der Waals surface area contributed by atoms with Gasteiger partial charge in [-0.1, -0.05) is 5.92 Å². The van der Waals surface area contributed by atoms with Crippen molar-refractivity contribution in [1.82, 2.24) is 0 Å². The third-order valence-corrected chi connectivity index (χ3v) is 0.537. The summed E-state index contributed by atoms with van der Waals surface area (Å²) in [4.78, 5) is 9.75. The summed E-state index contributed by atoms with van der Waals surface area (Å²) in [5, 5.41) is 8.00. The van der Waals surface area contributed by atoms with E-state index in [2.05, 4.69) is 0 Å². The van der Waals surface area contributed by atoms with Crippen molar-refractivity contribution in [2.24, 2.45) is 0 Å². The van der Waals surface area contributed by atoms with Crippen LogP contribution in [0.2, 0.25) is 0 Å². The van der Waals surface area contributed by atoms with E-state index in [0.717, 1.165) is 0 Å². The molecule has 0 saturated heterocycles. The van der Waals surface area contributed by atoms with Crippen LogP contribution in [0.3, 0.4) is 0 Å². The molecule has 0 aromatic carbocycles. The lowest BCUT2D eigenvalue weighted by molar-refractivity contribution is -0.134. The molecule has 37 valence electrons. The van der Waals surface area contributed by atoms with E-state index in [-0.39, 0.29) is 5.92 Å². The number of terminal acetylenes is 1. The minimum Gasteiger partial charge on any atom is -0.480 e. The monoisotopic (exact) mass is 97.0 g/mol. The molecule has 0 heterocycles. The minimum absolute atomic E-state index is 0.0417. The number of rotatable bonds is 1. The molecule has 1 radical (unpaired) electrons. The van der Waals surface area contributed by atoms with E-state index in [1.807, 2.05) is 5.92 Å². The maximum Gasteiger partial charge on any atom is 0.323 e. The normalized spacial score (nSPS) is 8.14. The van der Waals surface area contributed by atoms with Crippen LogP contribution < -0.4 is 0 Å². The van der Waals surface area contributed by atoms with Crippen LogP contribution in [0.4, 0.5) is 0 Å². The first-order chi connectivity index (χ1) is 3.18. The quantitative estimate of drug-likeness (QED) is 0.478. The van der Waals surface area contributed by atoms with Gasteiger partial charge < -0.3 is 5.11 Å². The minimum atomic E-state index is -1.03. The Hall–Kier alpha value is -0.970. The molecular weight excluding hydrogens is 92.1 g/mol.